The van der Waals surface area contributed by atoms with Crippen molar-refractivity contribution in [3.63, 3.8) is 0 Å². The average molecular weight is 136 g/mol. The van der Waals surface area contributed by atoms with Gasteiger partial charge in [-0.15, -0.1) is 5.10 Å². The molecular formula is C6H8N4. The summed E-state index contributed by atoms with van der Waals surface area (Å²) in [7, 11) is 0. The molecule has 0 spiro atoms. The van der Waals surface area contributed by atoms with Gasteiger partial charge in [0.2, 0.25) is 0 Å². The first-order valence-corrected chi connectivity index (χ1v) is 2.57. The van der Waals surface area contributed by atoms with Crippen molar-refractivity contribution < 1.29 is 0 Å². The highest BCUT2D eigenvalue weighted by Gasteiger charge is 2.00. The molecule has 2 aliphatic rings. The van der Waals surface area contributed by atoms with E-state index in [2.05, 4.69) is 20.4 Å². The lowest BCUT2D eigenvalue weighted by molar-refractivity contribution is 0.867. The van der Waals surface area contributed by atoms with Crippen LogP contribution in [-0.2, 0) is 0 Å². The van der Waals surface area contributed by atoms with Gasteiger partial charge in [-0.1, -0.05) is 12.6 Å². The van der Waals surface area contributed by atoms with Crippen LogP contribution in [0.3, 0.4) is 0 Å². The zero-order valence-electron chi connectivity index (χ0n) is 4.57. The molecule has 0 atom stereocenters. The molecule has 0 aromatic heterocycles. The third-order valence-corrected chi connectivity index (χ3v) is 1.14. The molecule has 0 aromatic carbocycles. The second-order valence-corrected chi connectivity index (χ2v) is 1.70. The number of H-pyrrole nitrogens is 1. The van der Waals surface area contributed by atoms with Crippen molar-refractivity contribution in [2.24, 2.45) is 0 Å². The quantitative estimate of drug-likeness (QED) is 0.586. The summed E-state index contributed by atoms with van der Waals surface area (Å²) in [6.07, 6.45) is 3.33. The van der Waals surface area contributed by atoms with E-state index in [0.29, 0.717) is 0 Å². The average Bonchev–Trinajstić information content (AvgIpc) is 2.33. The standard InChI is InChI=1S/C5H4N4.CH4/c1-2-6-5-3-7-9-8-4(1)5;/h1-3H,(H,7,8);1H4. The molecule has 0 saturated heterocycles. The van der Waals surface area contributed by atoms with Crippen molar-refractivity contribution in [3.05, 3.63) is 18.5 Å². The number of hydrogen-bond acceptors (Lipinski definition) is 3. The van der Waals surface area contributed by atoms with Gasteiger partial charge in [0.25, 0.3) is 0 Å². The number of aromatic nitrogens is 4. The van der Waals surface area contributed by atoms with E-state index in [4.69, 9.17) is 0 Å². The van der Waals surface area contributed by atoms with E-state index >= 15 is 0 Å². The molecule has 0 amide bonds. The molecule has 0 bridgehead atoms. The fourth-order valence-corrected chi connectivity index (χ4v) is 0.711. The maximum absolute atomic E-state index is 3.98. The molecule has 0 aliphatic carbocycles. The molecular weight excluding hydrogens is 128 g/mol. The van der Waals surface area contributed by atoms with Crippen molar-refractivity contribution in [1.29, 1.82) is 0 Å². The van der Waals surface area contributed by atoms with E-state index < -0.39 is 0 Å². The van der Waals surface area contributed by atoms with Gasteiger partial charge in [0.05, 0.1) is 11.9 Å². The van der Waals surface area contributed by atoms with E-state index in [-0.39, 0.29) is 7.43 Å². The van der Waals surface area contributed by atoms with Gasteiger partial charge in [-0.25, -0.2) is 0 Å². The molecule has 4 heteroatoms. The van der Waals surface area contributed by atoms with Crippen molar-refractivity contribution in [2.75, 3.05) is 0 Å². The molecule has 52 valence electrons. The normalized spacial score (nSPS) is 9.20. The summed E-state index contributed by atoms with van der Waals surface area (Å²) in [4.78, 5) is 3.98. The summed E-state index contributed by atoms with van der Waals surface area (Å²) >= 11 is 0. The number of rotatable bonds is 0. The van der Waals surface area contributed by atoms with Crippen LogP contribution in [0.1, 0.15) is 7.43 Å². The summed E-state index contributed by atoms with van der Waals surface area (Å²) < 4.78 is 0. The van der Waals surface area contributed by atoms with Crippen LogP contribution in [0.15, 0.2) is 18.5 Å². The predicted octanol–water partition coefficient (Wildman–Crippen LogP) is 0.941. The zero-order chi connectivity index (χ0) is 6.10. The Morgan fingerprint density at radius 1 is 1.40 bits per heavy atom. The Hall–Kier alpha value is -1.45. The van der Waals surface area contributed by atoms with E-state index in [0.717, 1.165) is 11.4 Å². The lowest BCUT2D eigenvalue weighted by Crippen LogP contribution is -1.88. The minimum atomic E-state index is 0. The molecule has 0 aromatic rings. The van der Waals surface area contributed by atoms with Gasteiger partial charge in [0.15, 0.2) is 0 Å². The van der Waals surface area contributed by atoms with Gasteiger partial charge in [-0.3, -0.25) is 10.1 Å². The summed E-state index contributed by atoms with van der Waals surface area (Å²) in [6, 6.07) is 1.85. The maximum atomic E-state index is 3.98. The molecule has 2 rings (SSSR count). The minimum absolute atomic E-state index is 0. The fraction of sp³-hybridized carbons (Fsp3) is 0.167. The van der Waals surface area contributed by atoms with Crippen LogP contribution >= 0.6 is 0 Å². The summed E-state index contributed by atoms with van der Waals surface area (Å²) in [5, 5.41) is 9.89. The molecule has 2 heterocycles. The molecule has 0 fully saturated rings. The largest absolute Gasteiger partial charge is 0.258 e. The Labute approximate surface area is 58.6 Å². The highest BCUT2D eigenvalue weighted by molar-refractivity contribution is 5.52. The Morgan fingerprint density at radius 3 is 3.10 bits per heavy atom. The van der Waals surface area contributed by atoms with Gasteiger partial charge in [-0.2, -0.15) is 0 Å². The lowest BCUT2D eigenvalue weighted by atomic mass is 10.4. The van der Waals surface area contributed by atoms with Crippen LogP contribution in [0, 0.1) is 0 Å². The summed E-state index contributed by atoms with van der Waals surface area (Å²) in [5.74, 6) is 0. The summed E-state index contributed by atoms with van der Waals surface area (Å²) in [5.41, 5.74) is 1.77. The van der Waals surface area contributed by atoms with Gasteiger partial charge in [0, 0.05) is 6.20 Å². The topological polar surface area (TPSA) is 54.5 Å². The molecule has 0 unspecified atom stereocenters. The van der Waals surface area contributed by atoms with Crippen molar-refractivity contribution in [2.45, 2.75) is 7.43 Å². The smallest absolute Gasteiger partial charge is 0.108 e. The SMILES string of the molecule is C.c1cc2[nH]nncc-2n1. The monoisotopic (exact) mass is 136 g/mol. The van der Waals surface area contributed by atoms with E-state index in [1.807, 2.05) is 6.07 Å². The number of fused-ring (bicyclic) bond motifs is 1. The predicted molar refractivity (Wildman–Crippen MR) is 37.5 cm³/mol. The van der Waals surface area contributed by atoms with E-state index in [1.165, 1.54) is 0 Å². The molecule has 1 N–H and O–H groups in total. The molecule has 2 aliphatic heterocycles. The van der Waals surface area contributed by atoms with Crippen LogP contribution in [-0.4, -0.2) is 20.4 Å². The molecule has 10 heavy (non-hydrogen) atoms. The van der Waals surface area contributed by atoms with E-state index in [9.17, 15) is 0 Å². The van der Waals surface area contributed by atoms with Crippen LogP contribution in [0.5, 0.6) is 0 Å². The van der Waals surface area contributed by atoms with Gasteiger partial charge < -0.3 is 0 Å². The highest BCUT2D eigenvalue weighted by atomic mass is 15.3. The van der Waals surface area contributed by atoms with Gasteiger partial charge >= 0.3 is 0 Å². The number of nitrogens with zero attached hydrogens (tertiary/aromatic N) is 3. The lowest BCUT2D eigenvalue weighted by Gasteiger charge is -1.89. The van der Waals surface area contributed by atoms with Gasteiger partial charge in [-0.05, 0) is 6.07 Å². The van der Waals surface area contributed by atoms with Crippen molar-refractivity contribution in [3.8, 4) is 11.4 Å². The Kier molecular flexibility index (Phi) is 1.62. The summed E-state index contributed by atoms with van der Waals surface area (Å²) in [6.45, 7) is 0. The minimum Gasteiger partial charge on any atom is -0.258 e. The maximum Gasteiger partial charge on any atom is 0.108 e. The zero-order valence-corrected chi connectivity index (χ0v) is 4.57. The third-order valence-electron chi connectivity index (χ3n) is 1.14. The van der Waals surface area contributed by atoms with Crippen LogP contribution in [0.25, 0.3) is 11.4 Å². The van der Waals surface area contributed by atoms with Crippen molar-refractivity contribution >= 4 is 0 Å². The Morgan fingerprint density at radius 2 is 2.30 bits per heavy atom. The number of hydrogen-bond donors (Lipinski definition) is 1. The molecule has 0 radical (unpaired) electrons. The second-order valence-electron chi connectivity index (χ2n) is 1.70. The van der Waals surface area contributed by atoms with Crippen LogP contribution in [0.2, 0.25) is 0 Å². The first kappa shape index (κ1) is 6.67. The second kappa shape index (κ2) is 2.43. The molecule has 4 nitrogen and oxygen atoms in total. The third kappa shape index (κ3) is 0.834. The first-order chi connectivity index (χ1) is 4.47. The van der Waals surface area contributed by atoms with Crippen LogP contribution < -0.4 is 0 Å². The van der Waals surface area contributed by atoms with Crippen LogP contribution in [0.4, 0.5) is 0 Å². The first-order valence-electron chi connectivity index (χ1n) is 2.57. The highest BCUT2D eigenvalue weighted by Crippen LogP contribution is 2.11. The number of aromatic amines is 1. The van der Waals surface area contributed by atoms with Crippen molar-refractivity contribution in [1.82, 2.24) is 20.4 Å². The molecule has 0 saturated carbocycles. The fourth-order valence-electron chi connectivity index (χ4n) is 0.711. The Balaban J connectivity index is 0.000000500. The van der Waals surface area contributed by atoms with E-state index in [1.54, 1.807) is 12.4 Å². The number of nitrogens with one attached hydrogen (secondary N) is 1. The van der Waals surface area contributed by atoms with Gasteiger partial charge in [0.1, 0.15) is 5.69 Å². The Bertz CT molecular complexity index is 250.